The van der Waals surface area contributed by atoms with E-state index < -0.39 is 28.5 Å². The summed E-state index contributed by atoms with van der Waals surface area (Å²) in [5, 5.41) is 3.52. The molecule has 0 bridgehead atoms. The predicted molar refractivity (Wildman–Crippen MR) is 129 cm³/mol. The molecule has 1 heterocycles. The number of halogens is 1. The number of aryl methyl sites for hydroxylation is 1. The van der Waals surface area contributed by atoms with Gasteiger partial charge in [0.05, 0.1) is 0 Å². The number of fused-ring (bicyclic) bond motifs is 1. The molecule has 1 atom stereocenters. The minimum Gasteiger partial charge on any atom is -0.487 e. The third kappa shape index (κ3) is 5.52. The standard InChI is InChI=1S/C25H32FN3O4S/c1-25(2,3)11-12-27-19-10-9-18-13-21(33-16-17-7-5-4-6-8-17)24(23(26)20(18)14-19)29-15-22(30)28-34(29,31)32/h4-8,13,19,27H,9-12,14-16H2,1-3H3,(H,28,30). The van der Waals surface area contributed by atoms with E-state index in [-0.39, 0.29) is 29.5 Å². The van der Waals surface area contributed by atoms with Gasteiger partial charge in [0.2, 0.25) is 0 Å². The number of anilines is 1. The summed E-state index contributed by atoms with van der Waals surface area (Å²) < 4.78 is 49.8. The second-order valence-electron chi connectivity index (χ2n) is 10.2. The number of ether oxygens (including phenoxy) is 1. The first-order valence-corrected chi connectivity index (χ1v) is 13.1. The normalized spacial score (nSPS) is 19.6. The van der Waals surface area contributed by atoms with Gasteiger partial charge in [-0.05, 0) is 60.4 Å². The van der Waals surface area contributed by atoms with Gasteiger partial charge in [-0.1, -0.05) is 51.1 Å². The Morgan fingerprint density at radius 3 is 2.62 bits per heavy atom. The second-order valence-corrected chi connectivity index (χ2v) is 11.8. The molecule has 0 saturated carbocycles. The third-order valence-corrected chi connectivity index (χ3v) is 7.60. The van der Waals surface area contributed by atoms with Crippen LogP contribution in [0.1, 0.15) is 50.3 Å². The lowest BCUT2D eigenvalue weighted by Crippen LogP contribution is -2.37. The summed E-state index contributed by atoms with van der Waals surface area (Å²) in [7, 11) is -4.19. The van der Waals surface area contributed by atoms with Gasteiger partial charge < -0.3 is 10.1 Å². The average Bonchev–Trinajstić information content (AvgIpc) is 3.04. The van der Waals surface area contributed by atoms with E-state index in [9.17, 15) is 13.2 Å². The van der Waals surface area contributed by atoms with E-state index in [0.29, 0.717) is 18.4 Å². The van der Waals surface area contributed by atoms with E-state index in [2.05, 4.69) is 26.1 Å². The van der Waals surface area contributed by atoms with Gasteiger partial charge in [0.1, 0.15) is 24.6 Å². The van der Waals surface area contributed by atoms with E-state index >= 15 is 4.39 Å². The molecule has 1 fully saturated rings. The Hall–Kier alpha value is -2.65. The van der Waals surface area contributed by atoms with Gasteiger partial charge in [0.15, 0.2) is 5.82 Å². The Morgan fingerprint density at radius 2 is 1.97 bits per heavy atom. The Kier molecular flexibility index (Phi) is 6.87. The van der Waals surface area contributed by atoms with Crippen molar-refractivity contribution in [1.29, 1.82) is 0 Å². The van der Waals surface area contributed by atoms with Crippen molar-refractivity contribution in [2.24, 2.45) is 5.41 Å². The summed E-state index contributed by atoms with van der Waals surface area (Å²) in [6.07, 6.45) is 2.96. The molecular weight excluding hydrogens is 457 g/mol. The first-order valence-electron chi connectivity index (χ1n) is 11.6. The Morgan fingerprint density at radius 1 is 1.24 bits per heavy atom. The van der Waals surface area contributed by atoms with E-state index in [1.54, 1.807) is 6.07 Å². The molecule has 2 aromatic rings. The SMILES string of the molecule is CC(C)(C)CCNC1CCc2cc(OCc3ccccc3)c(N3CC(=O)NS3(=O)=O)c(F)c2C1. The molecule has 2 aromatic carbocycles. The fourth-order valence-electron chi connectivity index (χ4n) is 4.38. The van der Waals surface area contributed by atoms with Crippen molar-refractivity contribution in [3.05, 3.63) is 58.9 Å². The highest BCUT2D eigenvalue weighted by Gasteiger charge is 2.39. The molecule has 1 unspecified atom stereocenters. The number of hydrogen-bond acceptors (Lipinski definition) is 5. The van der Waals surface area contributed by atoms with E-state index in [0.717, 1.165) is 34.8 Å². The van der Waals surface area contributed by atoms with Gasteiger partial charge in [-0.15, -0.1) is 0 Å². The molecule has 9 heteroatoms. The summed E-state index contributed by atoms with van der Waals surface area (Å²) in [5.41, 5.74) is 2.16. The van der Waals surface area contributed by atoms with Crippen molar-refractivity contribution in [3.63, 3.8) is 0 Å². The van der Waals surface area contributed by atoms with Gasteiger partial charge >= 0.3 is 10.2 Å². The Bertz CT molecular complexity index is 1160. The minimum atomic E-state index is -4.19. The number of carbonyl (C=O) groups excluding carboxylic acids is 1. The minimum absolute atomic E-state index is 0.100. The molecule has 1 aliphatic heterocycles. The summed E-state index contributed by atoms with van der Waals surface area (Å²) in [4.78, 5) is 11.9. The molecule has 184 valence electrons. The summed E-state index contributed by atoms with van der Waals surface area (Å²) in [6, 6.07) is 11.2. The van der Waals surface area contributed by atoms with Crippen molar-refractivity contribution >= 4 is 21.8 Å². The number of nitrogens with one attached hydrogen (secondary N) is 2. The van der Waals surface area contributed by atoms with Crippen LogP contribution in [-0.2, 0) is 34.5 Å². The maximum Gasteiger partial charge on any atom is 0.326 e. The maximum absolute atomic E-state index is 16.0. The third-order valence-electron chi connectivity index (χ3n) is 6.23. The average molecular weight is 490 g/mol. The highest BCUT2D eigenvalue weighted by molar-refractivity contribution is 7.92. The van der Waals surface area contributed by atoms with Gasteiger partial charge in [-0.3, -0.25) is 4.79 Å². The van der Waals surface area contributed by atoms with Crippen molar-refractivity contribution < 1.29 is 22.3 Å². The zero-order valence-electron chi connectivity index (χ0n) is 19.9. The van der Waals surface area contributed by atoms with Gasteiger partial charge in [0, 0.05) is 6.04 Å². The molecule has 34 heavy (non-hydrogen) atoms. The van der Waals surface area contributed by atoms with Gasteiger partial charge in [-0.25, -0.2) is 13.4 Å². The van der Waals surface area contributed by atoms with Crippen LogP contribution in [0.25, 0.3) is 0 Å². The van der Waals surface area contributed by atoms with Crippen LogP contribution in [0.3, 0.4) is 0 Å². The first-order chi connectivity index (χ1) is 16.0. The largest absolute Gasteiger partial charge is 0.487 e. The van der Waals surface area contributed by atoms with Crippen molar-refractivity contribution in [3.8, 4) is 5.75 Å². The molecule has 7 nitrogen and oxygen atoms in total. The molecule has 0 radical (unpaired) electrons. The molecule has 2 aliphatic rings. The van der Waals surface area contributed by atoms with Crippen molar-refractivity contribution in [2.45, 2.75) is 59.1 Å². The van der Waals surface area contributed by atoms with Crippen molar-refractivity contribution in [2.75, 3.05) is 17.4 Å². The number of rotatable bonds is 7. The van der Waals surface area contributed by atoms with E-state index in [4.69, 9.17) is 4.74 Å². The highest BCUT2D eigenvalue weighted by atomic mass is 32.2. The highest BCUT2D eigenvalue weighted by Crippen LogP contribution is 2.40. The lowest BCUT2D eigenvalue weighted by atomic mass is 9.86. The Labute approximate surface area is 200 Å². The fraction of sp³-hybridized carbons (Fsp3) is 0.480. The van der Waals surface area contributed by atoms with E-state index in [1.165, 1.54) is 0 Å². The second kappa shape index (κ2) is 9.54. The fourth-order valence-corrected chi connectivity index (χ4v) is 5.54. The zero-order valence-corrected chi connectivity index (χ0v) is 20.7. The van der Waals surface area contributed by atoms with Crippen LogP contribution in [0.5, 0.6) is 5.75 Å². The zero-order chi connectivity index (χ0) is 24.5. The van der Waals surface area contributed by atoms with Crippen LogP contribution in [0.2, 0.25) is 0 Å². The first kappa shape index (κ1) is 24.5. The molecule has 1 saturated heterocycles. The number of amides is 1. The molecule has 0 spiro atoms. The lowest BCUT2D eigenvalue weighted by Gasteiger charge is -2.30. The summed E-state index contributed by atoms with van der Waals surface area (Å²) in [5.74, 6) is -1.21. The Balaban J connectivity index is 1.65. The number of hydrogen-bond donors (Lipinski definition) is 2. The quantitative estimate of drug-likeness (QED) is 0.622. The maximum atomic E-state index is 16.0. The van der Waals surface area contributed by atoms with Crippen LogP contribution < -0.4 is 19.1 Å². The van der Waals surface area contributed by atoms with Gasteiger partial charge in [-0.2, -0.15) is 8.42 Å². The predicted octanol–water partition coefficient (Wildman–Crippen LogP) is 3.47. The van der Waals surface area contributed by atoms with E-state index in [1.807, 2.05) is 35.1 Å². The molecule has 1 aliphatic carbocycles. The molecular formula is C25H32FN3O4S. The molecule has 1 amide bonds. The van der Waals surface area contributed by atoms with Crippen LogP contribution in [0, 0.1) is 11.2 Å². The van der Waals surface area contributed by atoms with Crippen LogP contribution >= 0.6 is 0 Å². The van der Waals surface area contributed by atoms with Crippen molar-refractivity contribution in [1.82, 2.24) is 10.0 Å². The monoisotopic (exact) mass is 489 g/mol. The van der Waals surface area contributed by atoms with Crippen LogP contribution in [0.4, 0.5) is 10.1 Å². The topological polar surface area (TPSA) is 87.7 Å². The number of benzene rings is 2. The number of nitrogens with zero attached hydrogens (tertiary/aromatic N) is 1. The lowest BCUT2D eigenvalue weighted by molar-refractivity contribution is -0.117. The number of carbonyl (C=O) groups is 1. The van der Waals surface area contributed by atoms with Gasteiger partial charge in [0.25, 0.3) is 5.91 Å². The summed E-state index contributed by atoms with van der Waals surface area (Å²) >= 11 is 0. The molecule has 0 aromatic heterocycles. The smallest absolute Gasteiger partial charge is 0.326 e. The van der Waals surface area contributed by atoms with Crippen LogP contribution in [-0.4, -0.2) is 33.5 Å². The molecule has 2 N–H and O–H groups in total. The summed E-state index contributed by atoms with van der Waals surface area (Å²) in [6.45, 7) is 7.04. The van der Waals surface area contributed by atoms with Crippen LogP contribution in [0.15, 0.2) is 36.4 Å². The molecule has 4 rings (SSSR count).